The number of rotatable bonds is 6. The molecule has 1 aromatic rings. The number of benzene rings is 1. The summed E-state index contributed by atoms with van der Waals surface area (Å²) in [4.78, 5) is 13.5. The van der Waals surface area contributed by atoms with Crippen LogP contribution in [0.25, 0.3) is 0 Å². The topological polar surface area (TPSA) is 52.6 Å². The number of amides is 2. The van der Waals surface area contributed by atoms with Crippen molar-refractivity contribution in [2.24, 2.45) is 0 Å². The lowest BCUT2D eigenvalue weighted by Crippen LogP contribution is -2.41. The summed E-state index contributed by atoms with van der Waals surface area (Å²) >= 11 is 0. The van der Waals surface area contributed by atoms with E-state index in [-0.39, 0.29) is 12.6 Å². The lowest BCUT2D eigenvalue weighted by Gasteiger charge is -2.20. The number of nitrogens with one attached hydrogen (secondary N) is 1. The molecule has 0 spiro atoms. The molecule has 108 valence electrons. The van der Waals surface area contributed by atoms with Gasteiger partial charge in [-0.2, -0.15) is 0 Å². The van der Waals surface area contributed by atoms with Crippen molar-refractivity contribution in [3.63, 3.8) is 0 Å². The molecule has 1 aromatic carbocycles. The second kappa shape index (κ2) is 7.10. The molecule has 0 aromatic heterocycles. The number of aliphatic hydroxyl groups excluding tert-OH is 1. The van der Waals surface area contributed by atoms with Gasteiger partial charge < -0.3 is 15.3 Å². The van der Waals surface area contributed by atoms with Crippen LogP contribution in [-0.4, -0.2) is 35.7 Å². The predicted octanol–water partition coefficient (Wildman–Crippen LogP) is 1.87. The first-order chi connectivity index (χ1) is 9.74. The minimum atomic E-state index is -0.167. The van der Waals surface area contributed by atoms with Crippen molar-refractivity contribution in [2.45, 2.75) is 25.8 Å². The van der Waals surface area contributed by atoms with E-state index in [1.807, 2.05) is 0 Å². The summed E-state index contributed by atoms with van der Waals surface area (Å²) in [6, 6.07) is 6.26. The fraction of sp³-hybridized carbons (Fsp3) is 0.438. The molecule has 0 saturated heterocycles. The van der Waals surface area contributed by atoms with Crippen LogP contribution >= 0.6 is 0 Å². The maximum absolute atomic E-state index is 12.0. The highest BCUT2D eigenvalue weighted by atomic mass is 16.3. The maximum atomic E-state index is 12.0. The van der Waals surface area contributed by atoms with Gasteiger partial charge in [0, 0.05) is 19.6 Å². The number of hydrogen-bond acceptors (Lipinski definition) is 2. The first-order valence-electron chi connectivity index (χ1n) is 7.10. The highest BCUT2D eigenvalue weighted by molar-refractivity contribution is 5.74. The number of aryl methyl sites for hydroxylation is 2. The van der Waals surface area contributed by atoms with E-state index in [9.17, 15) is 4.79 Å². The molecule has 0 fully saturated rings. The highest BCUT2D eigenvalue weighted by Gasteiger charge is 2.13. The Morgan fingerprint density at radius 2 is 2.20 bits per heavy atom. The largest absolute Gasteiger partial charge is 0.395 e. The van der Waals surface area contributed by atoms with Crippen molar-refractivity contribution in [3.05, 3.63) is 47.5 Å². The molecule has 0 atom stereocenters. The van der Waals surface area contributed by atoms with Crippen LogP contribution in [0.4, 0.5) is 4.79 Å². The molecular formula is C16H22N2O2. The van der Waals surface area contributed by atoms with Gasteiger partial charge in [0.25, 0.3) is 0 Å². The summed E-state index contributed by atoms with van der Waals surface area (Å²) in [5, 5.41) is 11.8. The zero-order chi connectivity index (χ0) is 14.4. The van der Waals surface area contributed by atoms with Crippen LogP contribution in [0.15, 0.2) is 30.9 Å². The Morgan fingerprint density at radius 3 is 2.95 bits per heavy atom. The number of carbonyl (C=O) groups is 1. The van der Waals surface area contributed by atoms with Crippen molar-refractivity contribution in [1.82, 2.24) is 10.2 Å². The molecule has 0 heterocycles. The minimum absolute atomic E-state index is 0.0416. The van der Waals surface area contributed by atoms with Gasteiger partial charge in [0.1, 0.15) is 0 Å². The first kappa shape index (κ1) is 14.6. The zero-order valence-corrected chi connectivity index (χ0v) is 11.8. The summed E-state index contributed by atoms with van der Waals surface area (Å²) in [5.74, 6) is 0. The summed E-state index contributed by atoms with van der Waals surface area (Å²) in [6.45, 7) is 4.86. The Balaban J connectivity index is 1.90. The van der Waals surface area contributed by atoms with Crippen LogP contribution in [0.5, 0.6) is 0 Å². The lowest BCUT2D eigenvalue weighted by atomic mass is 10.1. The third kappa shape index (κ3) is 3.61. The van der Waals surface area contributed by atoms with E-state index in [2.05, 4.69) is 30.1 Å². The van der Waals surface area contributed by atoms with Gasteiger partial charge in [0.05, 0.1) is 6.61 Å². The molecule has 2 amide bonds. The van der Waals surface area contributed by atoms with E-state index in [1.54, 1.807) is 11.0 Å². The molecular weight excluding hydrogens is 252 g/mol. The molecule has 0 radical (unpaired) electrons. The van der Waals surface area contributed by atoms with E-state index >= 15 is 0 Å². The lowest BCUT2D eigenvalue weighted by molar-refractivity contribution is 0.183. The van der Waals surface area contributed by atoms with Crippen LogP contribution < -0.4 is 5.32 Å². The second-order valence-corrected chi connectivity index (χ2v) is 5.07. The van der Waals surface area contributed by atoms with E-state index in [1.165, 1.54) is 24.0 Å². The first-order valence-corrected chi connectivity index (χ1v) is 7.10. The number of urea groups is 1. The fourth-order valence-corrected chi connectivity index (χ4v) is 2.58. The minimum Gasteiger partial charge on any atom is -0.395 e. The second-order valence-electron chi connectivity index (χ2n) is 5.07. The number of carbonyl (C=O) groups excluding carboxylic acids is 1. The standard InChI is InChI=1S/C16H22N2O2/c1-2-8-18(9-10-19)16(20)17-12-13-6-7-14-4-3-5-15(14)11-13/h2,6-7,11,19H,1,3-5,8-10,12H2,(H,17,20). The van der Waals surface area contributed by atoms with Gasteiger partial charge in [-0.25, -0.2) is 4.79 Å². The summed E-state index contributed by atoms with van der Waals surface area (Å²) in [6.07, 6.45) is 5.20. The van der Waals surface area contributed by atoms with Crippen LogP contribution in [0.1, 0.15) is 23.1 Å². The number of hydrogen-bond donors (Lipinski definition) is 2. The normalized spacial score (nSPS) is 12.8. The zero-order valence-electron chi connectivity index (χ0n) is 11.8. The SMILES string of the molecule is C=CCN(CCO)C(=O)NCc1ccc2c(c1)CCC2. The quantitative estimate of drug-likeness (QED) is 0.778. The molecule has 20 heavy (non-hydrogen) atoms. The van der Waals surface area contributed by atoms with E-state index in [0.717, 1.165) is 12.0 Å². The van der Waals surface area contributed by atoms with Gasteiger partial charge in [-0.1, -0.05) is 24.3 Å². The monoisotopic (exact) mass is 274 g/mol. The predicted molar refractivity (Wildman–Crippen MR) is 79.6 cm³/mol. The molecule has 2 N–H and O–H groups in total. The van der Waals surface area contributed by atoms with Crippen molar-refractivity contribution in [3.8, 4) is 0 Å². The highest BCUT2D eigenvalue weighted by Crippen LogP contribution is 2.22. The Hall–Kier alpha value is -1.81. The molecule has 1 aliphatic carbocycles. The molecule has 0 bridgehead atoms. The molecule has 1 aliphatic rings. The fourth-order valence-electron chi connectivity index (χ4n) is 2.58. The van der Waals surface area contributed by atoms with Gasteiger partial charge in [-0.15, -0.1) is 6.58 Å². The molecule has 4 heteroatoms. The van der Waals surface area contributed by atoms with E-state index in [0.29, 0.717) is 19.6 Å². The Bertz CT molecular complexity index is 485. The van der Waals surface area contributed by atoms with Gasteiger partial charge in [-0.05, 0) is 36.0 Å². The van der Waals surface area contributed by atoms with E-state index in [4.69, 9.17) is 5.11 Å². The third-order valence-electron chi connectivity index (χ3n) is 3.61. The van der Waals surface area contributed by atoms with Gasteiger partial charge in [0.15, 0.2) is 0 Å². The number of nitrogens with zero attached hydrogens (tertiary/aromatic N) is 1. The van der Waals surface area contributed by atoms with Crippen LogP contribution in [-0.2, 0) is 19.4 Å². The Morgan fingerprint density at radius 1 is 1.40 bits per heavy atom. The summed E-state index contributed by atoms with van der Waals surface area (Å²) < 4.78 is 0. The van der Waals surface area contributed by atoms with Crippen LogP contribution in [0, 0.1) is 0 Å². The van der Waals surface area contributed by atoms with Gasteiger partial charge >= 0.3 is 6.03 Å². The summed E-state index contributed by atoms with van der Waals surface area (Å²) in [5.41, 5.74) is 3.98. The third-order valence-corrected chi connectivity index (χ3v) is 3.61. The Kier molecular flexibility index (Phi) is 5.18. The number of aliphatic hydroxyl groups is 1. The molecule has 4 nitrogen and oxygen atoms in total. The van der Waals surface area contributed by atoms with Gasteiger partial charge in [-0.3, -0.25) is 0 Å². The molecule has 0 aliphatic heterocycles. The van der Waals surface area contributed by atoms with Gasteiger partial charge in [0.2, 0.25) is 0 Å². The average molecular weight is 274 g/mol. The molecule has 2 rings (SSSR count). The number of fused-ring (bicyclic) bond motifs is 1. The van der Waals surface area contributed by atoms with E-state index < -0.39 is 0 Å². The van der Waals surface area contributed by atoms with Crippen molar-refractivity contribution in [2.75, 3.05) is 19.7 Å². The smallest absolute Gasteiger partial charge is 0.318 e. The molecule has 0 unspecified atom stereocenters. The molecule has 0 saturated carbocycles. The van der Waals surface area contributed by atoms with Crippen LogP contribution in [0.3, 0.4) is 0 Å². The average Bonchev–Trinajstić information content (AvgIpc) is 2.92. The maximum Gasteiger partial charge on any atom is 0.318 e. The van der Waals surface area contributed by atoms with Crippen molar-refractivity contribution >= 4 is 6.03 Å². The Labute approximate surface area is 120 Å². The van der Waals surface area contributed by atoms with Crippen LogP contribution in [0.2, 0.25) is 0 Å². The summed E-state index contributed by atoms with van der Waals surface area (Å²) in [7, 11) is 0. The van der Waals surface area contributed by atoms with Crippen molar-refractivity contribution in [1.29, 1.82) is 0 Å². The van der Waals surface area contributed by atoms with Crippen molar-refractivity contribution < 1.29 is 9.90 Å².